The molecule has 0 unspecified atom stereocenters. The Labute approximate surface area is 94.8 Å². The number of hydrogen-bond acceptors (Lipinski definition) is 1. The number of rotatable bonds is 0. The van der Waals surface area contributed by atoms with Gasteiger partial charge in [-0.05, 0) is 28.7 Å². The van der Waals surface area contributed by atoms with Gasteiger partial charge in [0.25, 0.3) is 0 Å². The number of halogens is 5. The molecule has 0 aliphatic heterocycles. The minimum absolute atomic E-state index is 0.174. The zero-order valence-electron chi connectivity index (χ0n) is 6.99. The summed E-state index contributed by atoms with van der Waals surface area (Å²) in [7, 11) is 0. The van der Waals surface area contributed by atoms with Crippen molar-refractivity contribution in [3.8, 4) is 0 Å². The van der Waals surface area contributed by atoms with Gasteiger partial charge in [-0.1, -0.05) is 0 Å². The summed E-state index contributed by atoms with van der Waals surface area (Å²) >= 11 is 1.81. The smallest absolute Gasteiger partial charge is 0.333 e. The zero-order valence-corrected chi connectivity index (χ0v) is 9.15. The molecule has 1 aromatic carbocycles. The van der Waals surface area contributed by atoms with Gasteiger partial charge in [0.2, 0.25) is 0 Å². The first-order valence-electron chi connectivity index (χ1n) is 3.80. The lowest BCUT2D eigenvalue weighted by atomic mass is 10.2. The fourth-order valence-electron chi connectivity index (χ4n) is 1.22. The molecule has 0 saturated heterocycles. The second-order valence-corrected chi connectivity index (χ2v) is 3.90. The van der Waals surface area contributed by atoms with E-state index in [4.69, 9.17) is 0 Å². The SMILES string of the molecule is Fc1cc2nc(I)[nH]c2cc1C(F)(F)F. The number of nitrogens with one attached hydrogen (secondary N) is 1. The Hall–Kier alpha value is -0.860. The minimum atomic E-state index is -4.69. The molecule has 7 heteroatoms. The van der Waals surface area contributed by atoms with Gasteiger partial charge >= 0.3 is 6.18 Å². The second kappa shape index (κ2) is 3.32. The van der Waals surface area contributed by atoms with Crippen molar-refractivity contribution in [2.24, 2.45) is 0 Å². The number of hydrogen-bond donors (Lipinski definition) is 1. The number of benzene rings is 1. The molecule has 2 nitrogen and oxygen atoms in total. The standard InChI is InChI=1S/C8H3F4IN2/c9-4-2-6-5(14-7(13)15-6)1-3(4)8(10,11)12/h1-2H,(H,14,15). The first-order chi connectivity index (χ1) is 6.88. The van der Waals surface area contributed by atoms with Gasteiger partial charge in [-0.2, -0.15) is 13.2 Å². The van der Waals surface area contributed by atoms with Crippen LogP contribution in [-0.4, -0.2) is 9.97 Å². The van der Waals surface area contributed by atoms with Gasteiger partial charge in [0, 0.05) is 6.07 Å². The van der Waals surface area contributed by atoms with E-state index in [1.54, 1.807) is 22.6 Å². The molecule has 0 saturated carbocycles. The molecular weight excluding hydrogens is 327 g/mol. The zero-order chi connectivity index (χ0) is 11.2. The van der Waals surface area contributed by atoms with Crippen LogP contribution in [0.2, 0.25) is 0 Å². The number of fused-ring (bicyclic) bond motifs is 1. The Kier molecular flexibility index (Phi) is 2.36. The quantitative estimate of drug-likeness (QED) is 0.583. The second-order valence-electron chi connectivity index (χ2n) is 2.87. The van der Waals surface area contributed by atoms with Crippen LogP contribution in [0, 0.1) is 9.65 Å². The van der Waals surface area contributed by atoms with Crippen molar-refractivity contribution >= 4 is 33.6 Å². The van der Waals surface area contributed by atoms with E-state index in [9.17, 15) is 17.6 Å². The first kappa shape index (κ1) is 10.7. The number of imidazole rings is 1. The van der Waals surface area contributed by atoms with Crippen molar-refractivity contribution in [2.45, 2.75) is 6.18 Å². The monoisotopic (exact) mass is 330 g/mol. The highest BCUT2D eigenvalue weighted by molar-refractivity contribution is 14.1. The van der Waals surface area contributed by atoms with Crippen molar-refractivity contribution in [2.75, 3.05) is 0 Å². The number of alkyl halides is 3. The maximum atomic E-state index is 13.0. The number of aromatic amines is 1. The minimum Gasteiger partial charge on any atom is -0.333 e. The first-order valence-corrected chi connectivity index (χ1v) is 4.88. The summed E-state index contributed by atoms with van der Waals surface area (Å²) in [6.45, 7) is 0. The molecule has 80 valence electrons. The molecule has 0 spiro atoms. The predicted molar refractivity (Wildman–Crippen MR) is 53.8 cm³/mol. The molecule has 2 aromatic rings. The fraction of sp³-hybridized carbons (Fsp3) is 0.125. The summed E-state index contributed by atoms with van der Waals surface area (Å²) in [5, 5.41) is 0. The maximum absolute atomic E-state index is 13.0. The van der Waals surface area contributed by atoms with Gasteiger partial charge in [-0.3, -0.25) is 0 Å². The van der Waals surface area contributed by atoms with Gasteiger partial charge < -0.3 is 4.98 Å². The van der Waals surface area contributed by atoms with E-state index >= 15 is 0 Å². The molecule has 1 aromatic heterocycles. The van der Waals surface area contributed by atoms with Gasteiger partial charge in [0.1, 0.15) is 5.82 Å². The fourth-order valence-corrected chi connectivity index (χ4v) is 1.77. The van der Waals surface area contributed by atoms with E-state index in [0.717, 1.165) is 12.1 Å². The highest BCUT2D eigenvalue weighted by Crippen LogP contribution is 2.33. The number of H-pyrrole nitrogens is 1. The number of aromatic nitrogens is 2. The van der Waals surface area contributed by atoms with Crippen LogP contribution in [0.3, 0.4) is 0 Å². The lowest BCUT2D eigenvalue weighted by Gasteiger charge is -2.06. The molecule has 15 heavy (non-hydrogen) atoms. The van der Waals surface area contributed by atoms with E-state index in [1.807, 2.05) is 0 Å². The third-order valence-electron chi connectivity index (χ3n) is 1.85. The van der Waals surface area contributed by atoms with E-state index in [1.165, 1.54) is 0 Å². The van der Waals surface area contributed by atoms with Crippen LogP contribution >= 0.6 is 22.6 Å². The Bertz CT molecular complexity index is 517. The normalized spacial score (nSPS) is 12.3. The molecule has 0 amide bonds. The lowest BCUT2D eigenvalue weighted by molar-refractivity contribution is -0.139. The lowest BCUT2D eigenvalue weighted by Crippen LogP contribution is -2.07. The Morgan fingerprint density at radius 1 is 1.27 bits per heavy atom. The Morgan fingerprint density at radius 3 is 2.53 bits per heavy atom. The third-order valence-corrected chi connectivity index (χ3v) is 2.36. The average Bonchev–Trinajstić information content (AvgIpc) is 2.40. The van der Waals surface area contributed by atoms with Gasteiger partial charge in [-0.25, -0.2) is 9.37 Å². The molecule has 0 radical (unpaired) electrons. The molecule has 0 aliphatic carbocycles. The van der Waals surface area contributed by atoms with Crippen LogP contribution in [0.4, 0.5) is 17.6 Å². The Morgan fingerprint density at radius 2 is 1.93 bits per heavy atom. The summed E-state index contributed by atoms with van der Waals surface area (Å²) < 4.78 is 50.4. The average molecular weight is 330 g/mol. The van der Waals surface area contributed by atoms with Crippen LogP contribution < -0.4 is 0 Å². The third kappa shape index (κ3) is 1.92. The van der Waals surface area contributed by atoms with Crippen LogP contribution in [0.1, 0.15) is 5.56 Å². The van der Waals surface area contributed by atoms with E-state index in [2.05, 4.69) is 9.97 Å². The molecule has 0 bridgehead atoms. The predicted octanol–water partition coefficient (Wildman–Crippen LogP) is 3.33. The molecule has 1 N–H and O–H groups in total. The number of nitrogens with zero attached hydrogens (tertiary/aromatic N) is 1. The van der Waals surface area contributed by atoms with Gasteiger partial charge in [0.05, 0.1) is 16.6 Å². The van der Waals surface area contributed by atoms with E-state index in [0.29, 0.717) is 3.83 Å². The van der Waals surface area contributed by atoms with Crippen LogP contribution in [0.5, 0.6) is 0 Å². The summed E-state index contributed by atoms with van der Waals surface area (Å²) in [6, 6.07) is 1.50. The van der Waals surface area contributed by atoms with Crippen LogP contribution in [0.15, 0.2) is 12.1 Å². The molecule has 0 fully saturated rings. The van der Waals surface area contributed by atoms with Crippen molar-refractivity contribution in [1.82, 2.24) is 9.97 Å². The highest BCUT2D eigenvalue weighted by atomic mass is 127. The largest absolute Gasteiger partial charge is 0.419 e. The molecule has 2 rings (SSSR count). The van der Waals surface area contributed by atoms with Gasteiger partial charge in [0.15, 0.2) is 3.83 Å². The van der Waals surface area contributed by atoms with E-state index in [-0.39, 0.29) is 11.0 Å². The maximum Gasteiger partial charge on any atom is 0.419 e. The summed E-state index contributed by atoms with van der Waals surface area (Å²) in [6.07, 6.45) is -4.69. The van der Waals surface area contributed by atoms with Crippen molar-refractivity contribution < 1.29 is 17.6 Å². The van der Waals surface area contributed by atoms with Crippen molar-refractivity contribution in [3.63, 3.8) is 0 Å². The summed E-state index contributed by atoms with van der Waals surface area (Å²) in [5.74, 6) is -1.31. The molecule has 1 heterocycles. The molecular formula is C8H3F4IN2. The van der Waals surface area contributed by atoms with Crippen molar-refractivity contribution in [1.29, 1.82) is 0 Å². The topological polar surface area (TPSA) is 28.7 Å². The summed E-state index contributed by atoms with van der Waals surface area (Å²) in [5.41, 5.74) is -0.923. The van der Waals surface area contributed by atoms with E-state index < -0.39 is 17.6 Å². The summed E-state index contributed by atoms with van der Waals surface area (Å²) in [4.78, 5) is 6.43. The Balaban J connectivity index is 2.72. The van der Waals surface area contributed by atoms with Gasteiger partial charge in [-0.15, -0.1) is 0 Å². The van der Waals surface area contributed by atoms with Crippen molar-refractivity contribution in [3.05, 3.63) is 27.3 Å². The van der Waals surface area contributed by atoms with Crippen LogP contribution in [0.25, 0.3) is 11.0 Å². The molecule has 0 aliphatic rings. The highest BCUT2D eigenvalue weighted by Gasteiger charge is 2.34. The van der Waals surface area contributed by atoms with Crippen LogP contribution in [-0.2, 0) is 6.18 Å². The molecule has 0 atom stereocenters.